The molecule has 0 bridgehead atoms. The molecule has 0 unspecified atom stereocenters. The monoisotopic (exact) mass is 298 g/mol. The van der Waals surface area contributed by atoms with E-state index in [0.717, 1.165) is 37.2 Å². The lowest BCUT2D eigenvalue weighted by Crippen LogP contribution is -2.59. The molecule has 3 fully saturated rings. The number of pyridine rings is 1. The summed E-state index contributed by atoms with van der Waals surface area (Å²) in [6, 6.07) is 3.60. The first kappa shape index (κ1) is 12.5. The fraction of sp³-hybridized carbons (Fsp3) is 0.500. The summed E-state index contributed by atoms with van der Waals surface area (Å²) in [6.07, 6.45) is 9.91. The average Bonchev–Trinajstić information content (AvgIpc) is 2.83. The van der Waals surface area contributed by atoms with Gasteiger partial charge in [-0.1, -0.05) is 0 Å². The number of ether oxygens (including phenoxy) is 1. The molecule has 3 aliphatic rings. The number of anilines is 1. The molecule has 2 aromatic rings. The average molecular weight is 298 g/mol. The quantitative estimate of drug-likeness (QED) is 0.893. The third kappa shape index (κ3) is 1.53. The molecule has 2 N–H and O–H groups in total. The highest BCUT2D eigenvalue weighted by molar-refractivity contribution is 5.90. The van der Waals surface area contributed by atoms with Gasteiger partial charge in [0.1, 0.15) is 5.65 Å². The number of nitrogens with zero attached hydrogens (tertiary/aromatic N) is 2. The smallest absolute Gasteiger partial charge is 0.319 e. The maximum absolute atomic E-state index is 12.4. The van der Waals surface area contributed by atoms with Crippen LogP contribution in [0.1, 0.15) is 25.7 Å². The molecule has 0 aromatic carbocycles. The number of amides is 2. The van der Waals surface area contributed by atoms with Gasteiger partial charge < -0.3 is 19.8 Å². The van der Waals surface area contributed by atoms with E-state index in [-0.39, 0.29) is 17.2 Å². The van der Waals surface area contributed by atoms with Crippen LogP contribution in [0.2, 0.25) is 0 Å². The SMILES string of the molecule is O=C(Nc1ccn2ccnc2c1)N[C@]12C[C@H]1COC21CCC1. The number of imidazole rings is 1. The second-order valence-electron chi connectivity index (χ2n) is 6.72. The Kier molecular flexibility index (Phi) is 2.27. The van der Waals surface area contributed by atoms with Gasteiger partial charge in [-0.05, 0) is 31.7 Å². The first-order valence-corrected chi connectivity index (χ1v) is 7.87. The molecule has 1 saturated heterocycles. The third-order valence-electron chi connectivity index (χ3n) is 5.63. The minimum atomic E-state index is -0.143. The van der Waals surface area contributed by atoms with Crippen LogP contribution in [0, 0.1) is 5.92 Å². The van der Waals surface area contributed by atoms with Gasteiger partial charge in [0, 0.05) is 36.3 Å². The molecule has 2 aliphatic carbocycles. The van der Waals surface area contributed by atoms with Crippen molar-refractivity contribution in [3.63, 3.8) is 0 Å². The molecular formula is C16H18N4O2. The zero-order chi connectivity index (χ0) is 14.8. The van der Waals surface area contributed by atoms with Crippen LogP contribution in [-0.4, -0.2) is 33.2 Å². The van der Waals surface area contributed by atoms with E-state index in [1.165, 1.54) is 6.42 Å². The molecule has 2 aromatic heterocycles. The number of hydrogen-bond acceptors (Lipinski definition) is 3. The number of carbonyl (C=O) groups excluding carboxylic acids is 1. The molecule has 2 saturated carbocycles. The number of urea groups is 1. The minimum Gasteiger partial charge on any atom is -0.372 e. The Labute approximate surface area is 127 Å². The summed E-state index contributed by atoms with van der Waals surface area (Å²) in [4.78, 5) is 16.6. The fourth-order valence-electron chi connectivity index (χ4n) is 4.19. The van der Waals surface area contributed by atoms with Crippen molar-refractivity contribution in [1.82, 2.24) is 14.7 Å². The molecular weight excluding hydrogens is 280 g/mol. The number of aromatic nitrogens is 2. The summed E-state index contributed by atoms with van der Waals surface area (Å²) in [7, 11) is 0. The topological polar surface area (TPSA) is 67.7 Å². The van der Waals surface area contributed by atoms with Gasteiger partial charge in [0.2, 0.25) is 0 Å². The Morgan fingerprint density at radius 1 is 1.41 bits per heavy atom. The van der Waals surface area contributed by atoms with E-state index in [1.807, 2.05) is 28.9 Å². The Balaban J connectivity index is 1.33. The molecule has 5 rings (SSSR count). The number of hydrogen-bond donors (Lipinski definition) is 2. The lowest BCUT2D eigenvalue weighted by Gasteiger charge is -2.45. The molecule has 1 aliphatic heterocycles. The zero-order valence-corrected chi connectivity index (χ0v) is 12.2. The van der Waals surface area contributed by atoms with E-state index < -0.39 is 0 Å². The molecule has 3 heterocycles. The molecule has 6 heteroatoms. The zero-order valence-electron chi connectivity index (χ0n) is 12.2. The van der Waals surface area contributed by atoms with Crippen LogP contribution >= 0.6 is 0 Å². The first-order valence-electron chi connectivity index (χ1n) is 7.87. The predicted molar refractivity (Wildman–Crippen MR) is 80.7 cm³/mol. The number of rotatable bonds is 2. The van der Waals surface area contributed by atoms with E-state index in [0.29, 0.717) is 5.92 Å². The van der Waals surface area contributed by atoms with Gasteiger partial charge in [0.15, 0.2) is 0 Å². The predicted octanol–water partition coefficient (Wildman–Crippen LogP) is 2.17. The van der Waals surface area contributed by atoms with E-state index in [9.17, 15) is 4.79 Å². The van der Waals surface area contributed by atoms with Gasteiger partial charge in [-0.15, -0.1) is 0 Å². The van der Waals surface area contributed by atoms with E-state index >= 15 is 0 Å². The van der Waals surface area contributed by atoms with Crippen molar-refractivity contribution < 1.29 is 9.53 Å². The van der Waals surface area contributed by atoms with Crippen LogP contribution in [0.15, 0.2) is 30.7 Å². The van der Waals surface area contributed by atoms with Crippen molar-refractivity contribution in [3.05, 3.63) is 30.7 Å². The van der Waals surface area contributed by atoms with E-state index in [4.69, 9.17) is 4.74 Å². The van der Waals surface area contributed by atoms with Crippen LogP contribution < -0.4 is 10.6 Å². The van der Waals surface area contributed by atoms with Crippen molar-refractivity contribution in [3.8, 4) is 0 Å². The number of fused-ring (bicyclic) bond motifs is 3. The normalized spacial score (nSPS) is 30.8. The summed E-state index contributed by atoms with van der Waals surface area (Å²) in [6.45, 7) is 0.792. The Hall–Kier alpha value is -2.08. The second kappa shape index (κ2) is 4.01. The maximum atomic E-state index is 12.4. The van der Waals surface area contributed by atoms with Crippen LogP contribution in [0.25, 0.3) is 5.65 Å². The summed E-state index contributed by atoms with van der Waals surface area (Å²) in [5.41, 5.74) is 1.38. The van der Waals surface area contributed by atoms with Gasteiger partial charge in [-0.2, -0.15) is 0 Å². The van der Waals surface area contributed by atoms with Crippen LogP contribution in [0.4, 0.5) is 10.5 Å². The number of carbonyl (C=O) groups is 1. The summed E-state index contributed by atoms with van der Waals surface area (Å²) >= 11 is 0. The van der Waals surface area contributed by atoms with Gasteiger partial charge >= 0.3 is 6.03 Å². The first-order chi connectivity index (χ1) is 10.7. The molecule has 2 atom stereocenters. The summed E-state index contributed by atoms with van der Waals surface area (Å²) in [5, 5.41) is 6.14. The second-order valence-corrected chi connectivity index (χ2v) is 6.72. The van der Waals surface area contributed by atoms with Crippen molar-refractivity contribution in [2.24, 2.45) is 5.92 Å². The molecule has 22 heavy (non-hydrogen) atoms. The lowest BCUT2D eigenvalue weighted by atomic mass is 9.73. The lowest BCUT2D eigenvalue weighted by molar-refractivity contribution is -0.0932. The Morgan fingerprint density at radius 2 is 2.32 bits per heavy atom. The number of nitrogens with one attached hydrogen (secondary N) is 2. The van der Waals surface area contributed by atoms with Gasteiger partial charge in [-0.25, -0.2) is 9.78 Å². The molecule has 114 valence electrons. The van der Waals surface area contributed by atoms with E-state index in [2.05, 4.69) is 15.6 Å². The Morgan fingerprint density at radius 3 is 3.09 bits per heavy atom. The van der Waals surface area contributed by atoms with Crippen LogP contribution in [0.5, 0.6) is 0 Å². The third-order valence-corrected chi connectivity index (χ3v) is 5.63. The van der Waals surface area contributed by atoms with Crippen molar-refractivity contribution >= 4 is 17.4 Å². The summed E-state index contributed by atoms with van der Waals surface area (Å²) in [5.74, 6) is 0.494. The Bertz CT molecular complexity index is 766. The van der Waals surface area contributed by atoms with Gasteiger partial charge in [-0.3, -0.25) is 0 Å². The highest BCUT2D eigenvalue weighted by Gasteiger charge is 2.74. The standard InChI is InChI=1S/C16H18N4O2/c21-14(18-12-2-6-20-7-5-17-13(20)8-12)19-16-9-11(16)10-22-15(16)3-1-4-15/h2,5-8,11H,1,3-4,9-10H2,(H2,18,19,21)/t11-,16+/m0/s1. The minimum absolute atomic E-state index is 0.0813. The van der Waals surface area contributed by atoms with Gasteiger partial charge in [0.05, 0.1) is 17.7 Å². The van der Waals surface area contributed by atoms with E-state index in [1.54, 1.807) is 6.20 Å². The maximum Gasteiger partial charge on any atom is 0.319 e. The van der Waals surface area contributed by atoms with Crippen molar-refractivity contribution in [2.75, 3.05) is 11.9 Å². The molecule has 6 nitrogen and oxygen atoms in total. The van der Waals surface area contributed by atoms with Crippen LogP contribution in [-0.2, 0) is 4.74 Å². The molecule has 0 radical (unpaired) electrons. The van der Waals surface area contributed by atoms with Crippen molar-refractivity contribution in [1.29, 1.82) is 0 Å². The summed E-state index contributed by atoms with van der Waals surface area (Å²) < 4.78 is 7.89. The molecule has 1 spiro atoms. The van der Waals surface area contributed by atoms with Crippen LogP contribution in [0.3, 0.4) is 0 Å². The largest absolute Gasteiger partial charge is 0.372 e. The fourth-order valence-corrected chi connectivity index (χ4v) is 4.19. The highest BCUT2D eigenvalue weighted by Crippen LogP contribution is 2.64. The molecule has 2 amide bonds. The van der Waals surface area contributed by atoms with Crippen molar-refractivity contribution in [2.45, 2.75) is 36.8 Å². The highest BCUT2D eigenvalue weighted by atomic mass is 16.5. The van der Waals surface area contributed by atoms with Gasteiger partial charge in [0.25, 0.3) is 0 Å².